The van der Waals surface area contributed by atoms with Gasteiger partial charge in [-0.25, -0.2) is 4.39 Å². The molecule has 0 aliphatic heterocycles. The van der Waals surface area contributed by atoms with Gasteiger partial charge in [0.2, 0.25) is 0 Å². The minimum atomic E-state index is -0.256. The van der Waals surface area contributed by atoms with Crippen LogP contribution in [0.2, 0.25) is 0 Å². The SMILES string of the molecule is COc1ccc(F)cc1C(C)(C)CNCCCC#N. The predicted octanol–water partition coefficient (Wildman–Crippen LogP) is 3.01. The van der Waals surface area contributed by atoms with Crippen LogP contribution in [-0.2, 0) is 5.41 Å². The van der Waals surface area contributed by atoms with E-state index in [1.807, 2.05) is 13.8 Å². The minimum absolute atomic E-state index is 0.236. The molecule has 1 rings (SSSR count). The Balaban J connectivity index is 2.70. The molecule has 1 aromatic carbocycles. The molecule has 0 unspecified atom stereocenters. The van der Waals surface area contributed by atoms with Gasteiger partial charge in [-0.2, -0.15) is 5.26 Å². The number of halogens is 1. The molecule has 0 atom stereocenters. The van der Waals surface area contributed by atoms with Gasteiger partial charge in [-0.3, -0.25) is 0 Å². The van der Waals surface area contributed by atoms with Gasteiger partial charge < -0.3 is 10.1 Å². The Labute approximate surface area is 114 Å². The number of unbranched alkanes of at least 4 members (excludes halogenated alkanes) is 1. The highest BCUT2D eigenvalue weighted by Gasteiger charge is 2.24. The highest BCUT2D eigenvalue weighted by atomic mass is 19.1. The third kappa shape index (κ3) is 4.53. The molecular weight excluding hydrogens is 243 g/mol. The van der Waals surface area contributed by atoms with Crippen LogP contribution in [0.15, 0.2) is 18.2 Å². The molecule has 0 aliphatic carbocycles. The van der Waals surface area contributed by atoms with Gasteiger partial charge in [-0.1, -0.05) is 13.8 Å². The maximum absolute atomic E-state index is 13.4. The lowest BCUT2D eigenvalue weighted by Gasteiger charge is -2.27. The zero-order chi connectivity index (χ0) is 14.3. The summed E-state index contributed by atoms with van der Waals surface area (Å²) >= 11 is 0. The Kier molecular flexibility index (Phi) is 5.78. The molecule has 0 radical (unpaired) electrons. The Hall–Kier alpha value is -1.60. The lowest BCUT2D eigenvalue weighted by molar-refractivity contribution is 0.383. The fourth-order valence-electron chi connectivity index (χ4n) is 2.00. The van der Waals surface area contributed by atoms with E-state index in [1.54, 1.807) is 13.2 Å². The number of rotatable bonds is 7. The average Bonchev–Trinajstić information content (AvgIpc) is 2.38. The first-order valence-electron chi connectivity index (χ1n) is 6.43. The average molecular weight is 264 g/mol. The molecule has 0 spiro atoms. The Bertz CT molecular complexity index is 452. The van der Waals surface area contributed by atoms with Gasteiger partial charge in [-0.15, -0.1) is 0 Å². The molecule has 0 aromatic heterocycles. The number of hydrogen-bond acceptors (Lipinski definition) is 3. The van der Waals surface area contributed by atoms with Crippen molar-refractivity contribution in [1.29, 1.82) is 5.26 Å². The standard InChI is InChI=1S/C15H21FN2O/c1-15(2,11-18-9-5-4-8-17)13-10-12(16)6-7-14(13)19-3/h6-7,10,18H,4-5,9,11H2,1-3H3. The topological polar surface area (TPSA) is 45.0 Å². The van der Waals surface area contributed by atoms with Crippen LogP contribution in [0.25, 0.3) is 0 Å². The van der Waals surface area contributed by atoms with Gasteiger partial charge >= 0.3 is 0 Å². The Morgan fingerprint density at radius 3 is 2.79 bits per heavy atom. The van der Waals surface area contributed by atoms with Crippen molar-refractivity contribution in [3.8, 4) is 11.8 Å². The molecule has 0 heterocycles. The van der Waals surface area contributed by atoms with Crippen molar-refractivity contribution in [2.24, 2.45) is 0 Å². The summed E-state index contributed by atoms with van der Waals surface area (Å²) in [7, 11) is 1.59. The number of nitriles is 1. The Morgan fingerprint density at radius 2 is 2.16 bits per heavy atom. The normalized spacial score (nSPS) is 11.1. The van der Waals surface area contributed by atoms with Crippen LogP contribution in [0.3, 0.4) is 0 Å². The number of methoxy groups -OCH3 is 1. The van der Waals surface area contributed by atoms with E-state index in [0.29, 0.717) is 18.7 Å². The Morgan fingerprint density at radius 1 is 1.42 bits per heavy atom. The van der Waals surface area contributed by atoms with Crippen molar-refractivity contribution in [3.63, 3.8) is 0 Å². The first kappa shape index (κ1) is 15.5. The van der Waals surface area contributed by atoms with Crippen LogP contribution in [0.1, 0.15) is 32.3 Å². The molecule has 19 heavy (non-hydrogen) atoms. The van der Waals surface area contributed by atoms with Gasteiger partial charge in [0.25, 0.3) is 0 Å². The van der Waals surface area contributed by atoms with Crippen LogP contribution < -0.4 is 10.1 Å². The smallest absolute Gasteiger partial charge is 0.123 e. The van der Waals surface area contributed by atoms with Crippen molar-refractivity contribution in [3.05, 3.63) is 29.6 Å². The van der Waals surface area contributed by atoms with Crippen molar-refractivity contribution in [2.45, 2.75) is 32.1 Å². The van der Waals surface area contributed by atoms with Crippen LogP contribution in [0, 0.1) is 17.1 Å². The van der Waals surface area contributed by atoms with Crippen molar-refractivity contribution >= 4 is 0 Å². The van der Waals surface area contributed by atoms with E-state index < -0.39 is 0 Å². The molecular formula is C15H21FN2O. The van der Waals surface area contributed by atoms with E-state index in [0.717, 1.165) is 18.5 Å². The molecule has 0 bridgehead atoms. The fourth-order valence-corrected chi connectivity index (χ4v) is 2.00. The summed E-state index contributed by atoms with van der Waals surface area (Å²) < 4.78 is 18.7. The van der Waals surface area contributed by atoms with E-state index in [9.17, 15) is 4.39 Å². The van der Waals surface area contributed by atoms with E-state index in [1.165, 1.54) is 12.1 Å². The largest absolute Gasteiger partial charge is 0.496 e. The zero-order valence-electron chi connectivity index (χ0n) is 11.8. The molecule has 0 amide bonds. The predicted molar refractivity (Wildman–Crippen MR) is 73.7 cm³/mol. The maximum Gasteiger partial charge on any atom is 0.123 e. The van der Waals surface area contributed by atoms with Crippen LogP contribution in [0.5, 0.6) is 5.75 Å². The van der Waals surface area contributed by atoms with E-state index in [2.05, 4.69) is 11.4 Å². The van der Waals surface area contributed by atoms with Crippen LogP contribution in [-0.4, -0.2) is 20.2 Å². The summed E-state index contributed by atoms with van der Waals surface area (Å²) in [5, 5.41) is 11.8. The third-order valence-electron chi connectivity index (χ3n) is 3.10. The van der Waals surface area contributed by atoms with Crippen LogP contribution in [0.4, 0.5) is 4.39 Å². The van der Waals surface area contributed by atoms with E-state index in [-0.39, 0.29) is 11.2 Å². The van der Waals surface area contributed by atoms with Crippen molar-refractivity contribution in [2.75, 3.05) is 20.2 Å². The monoisotopic (exact) mass is 264 g/mol. The lowest BCUT2D eigenvalue weighted by atomic mass is 9.83. The number of benzene rings is 1. The summed E-state index contributed by atoms with van der Waals surface area (Å²) in [5.74, 6) is 0.443. The second-order valence-electron chi connectivity index (χ2n) is 5.17. The minimum Gasteiger partial charge on any atom is -0.496 e. The third-order valence-corrected chi connectivity index (χ3v) is 3.10. The van der Waals surface area contributed by atoms with E-state index >= 15 is 0 Å². The second-order valence-corrected chi connectivity index (χ2v) is 5.17. The first-order valence-corrected chi connectivity index (χ1v) is 6.43. The summed E-state index contributed by atoms with van der Waals surface area (Å²) in [6.45, 7) is 5.58. The van der Waals surface area contributed by atoms with Crippen molar-refractivity contribution in [1.82, 2.24) is 5.32 Å². The van der Waals surface area contributed by atoms with Gasteiger partial charge in [-0.05, 0) is 31.2 Å². The molecule has 4 heteroatoms. The quantitative estimate of drug-likeness (QED) is 0.770. The number of hydrogen-bond donors (Lipinski definition) is 1. The number of nitrogens with zero attached hydrogens (tertiary/aromatic N) is 1. The molecule has 0 fully saturated rings. The summed E-state index contributed by atoms with van der Waals surface area (Å²) in [6.07, 6.45) is 1.38. The van der Waals surface area contributed by atoms with Gasteiger partial charge in [0.05, 0.1) is 13.2 Å². The number of nitrogens with one attached hydrogen (secondary N) is 1. The molecule has 104 valence electrons. The molecule has 1 aromatic rings. The molecule has 3 nitrogen and oxygen atoms in total. The summed E-state index contributed by atoms with van der Waals surface area (Å²) in [5.41, 5.74) is 0.614. The molecule has 0 aliphatic rings. The van der Waals surface area contributed by atoms with Crippen LogP contribution >= 0.6 is 0 Å². The second kappa shape index (κ2) is 7.10. The maximum atomic E-state index is 13.4. The molecule has 0 saturated carbocycles. The first-order chi connectivity index (χ1) is 9.01. The molecule has 1 N–H and O–H groups in total. The molecule has 0 saturated heterocycles. The number of ether oxygens (including phenoxy) is 1. The van der Waals surface area contributed by atoms with Gasteiger partial charge in [0, 0.05) is 23.9 Å². The lowest BCUT2D eigenvalue weighted by Crippen LogP contribution is -2.34. The van der Waals surface area contributed by atoms with Gasteiger partial charge in [0.15, 0.2) is 0 Å². The van der Waals surface area contributed by atoms with Gasteiger partial charge in [0.1, 0.15) is 11.6 Å². The van der Waals surface area contributed by atoms with Crippen molar-refractivity contribution < 1.29 is 9.13 Å². The zero-order valence-corrected chi connectivity index (χ0v) is 11.8. The highest BCUT2D eigenvalue weighted by Crippen LogP contribution is 2.31. The summed E-state index contributed by atoms with van der Waals surface area (Å²) in [6, 6.07) is 6.69. The highest BCUT2D eigenvalue weighted by molar-refractivity contribution is 5.39. The fraction of sp³-hybridized carbons (Fsp3) is 0.533. The summed E-state index contributed by atoms with van der Waals surface area (Å²) in [4.78, 5) is 0. The van der Waals surface area contributed by atoms with E-state index in [4.69, 9.17) is 10.00 Å².